The number of nitrogens with zero attached hydrogens (tertiary/aromatic N) is 3. The number of hydrogen-bond donors (Lipinski definition) is 1. The Morgan fingerprint density at radius 3 is 2.85 bits per heavy atom. The summed E-state index contributed by atoms with van der Waals surface area (Å²) >= 11 is 6.41. The van der Waals surface area contributed by atoms with Gasteiger partial charge in [-0.05, 0) is 19.1 Å². The van der Waals surface area contributed by atoms with Crippen molar-refractivity contribution in [3.05, 3.63) is 16.0 Å². The van der Waals surface area contributed by atoms with Crippen LogP contribution in [0.3, 0.4) is 0 Å². The van der Waals surface area contributed by atoms with E-state index in [0.717, 1.165) is 16.5 Å². The van der Waals surface area contributed by atoms with Crippen LogP contribution in [0.5, 0.6) is 0 Å². The highest BCUT2D eigenvalue weighted by Crippen LogP contribution is 2.21. The highest BCUT2D eigenvalue weighted by molar-refractivity contribution is 7.73. The normalized spacial score (nSPS) is 10.6. The van der Waals surface area contributed by atoms with Crippen LogP contribution in [-0.2, 0) is 7.05 Å². The summed E-state index contributed by atoms with van der Waals surface area (Å²) in [6.45, 7) is 1.95. The molecule has 0 radical (unpaired) electrons. The van der Waals surface area contributed by atoms with Gasteiger partial charge in [0.2, 0.25) is 0 Å². The van der Waals surface area contributed by atoms with Crippen LogP contribution in [0.25, 0.3) is 10.7 Å². The average molecular weight is 212 g/mol. The lowest BCUT2D eigenvalue weighted by molar-refractivity contribution is 0.861. The Balaban J connectivity index is 2.58. The molecule has 13 heavy (non-hydrogen) atoms. The average Bonchev–Trinajstić information content (AvgIpc) is 2.62. The molecule has 0 amide bonds. The summed E-state index contributed by atoms with van der Waals surface area (Å²) in [6, 6.07) is 0. The molecule has 0 saturated carbocycles. The Morgan fingerprint density at radius 1 is 1.62 bits per heavy atom. The topological polar surface area (TPSA) is 46.5 Å². The van der Waals surface area contributed by atoms with Gasteiger partial charge < -0.3 is 4.57 Å². The second kappa shape index (κ2) is 3.04. The van der Waals surface area contributed by atoms with Crippen molar-refractivity contribution in [3.8, 4) is 10.7 Å². The van der Waals surface area contributed by atoms with Crippen LogP contribution in [0, 0.1) is 10.9 Å². The lowest BCUT2D eigenvalue weighted by Crippen LogP contribution is -1.93. The molecule has 0 saturated heterocycles. The molecular weight excluding hydrogens is 204 g/mol. The van der Waals surface area contributed by atoms with Gasteiger partial charge in [0.05, 0.1) is 11.9 Å². The standard InChI is InChI=1S/C7H8N4S2/c1-4-8-3-5(11(4)2)6-9-10-7(12)13-6/h3H,1-2H3,(H,10,12). The molecule has 0 atom stereocenters. The van der Waals surface area contributed by atoms with E-state index in [1.54, 1.807) is 6.20 Å². The van der Waals surface area contributed by atoms with Gasteiger partial charge in [-0.1, -0.05) is 11.3 Å². The molecule has 0 aliphatic heterocycles. The van der Waals surface area contributed by atoms with Gasteiger partial charge >= 0.3 is 0 Å². The smallest absolute Gasteiger partial charge is 0.176 e. The van der Waals surface area contributed by atoms with Crippen molar-refractivity contribution in [2.24, 2.45) is 7.05 Å². The van der Waals surface area contributed by atoms with Gasteiger partial charge in [-0.2, -0.15) is 5.10 Å². The van der Waals surface area contributed by atoms with Crippen molar-refractivity contribution in [2.75, 3.05) is 0 Å². The molecule has 0 spiro atoms. The van der Waals surface area contributed by atoms with Crippen molar-refractivity contribution < 1.29 is 0 Å². The third kappa shape index (κ3) is 1.42. The SMILES string of the molecule is Cc1ncc(-c2n[nH]c(=S)s2)n1C. The molecule has 0 unspecified atom stereocenters. The van der Waals surface area contributed by atoms with Crippen molar-refractivity contribution in [1.29, 1.82) is 0 Å². The molecule has 0 bridgehead atoms. The third-order valence-electron chi connectivity index (χ3n) is 1.88. The Bertz CT molecular complexity index is 479. The largest absolute Gasteiger partial charge is 0.329 e. The van der Waals surface area contributed by atoms with E-state index in [9.17, 15) is 0 Å². The minimum absolute atomic E-state index is 0.689. The lowest BCUT2D eigenvalue weighted by atomic mass is 10.5. The highest BCUT2D eigenvalue weighted by Gasteiger charge is 2.08. The van der Waals surface area contributed by atoms with E-state index in [1.807, 2.05) is 18.5 Å². The van der Waals surface area contributed by atoms with Crippen molar-refractivity contribution in [2.45, 2.75) is 6.92 Å². The second-order valence-electron chi connectivity index (χ2n) is 2.67. The molecule has 2 aromatic heterocycles. The molecule has 4 nitrogen and oxygen atoms in total. The van der Waals surface area contributed by atoms with Gasteiger partial charge in [-0.3, -0.25) is 5.10 Å². The third-order valence-corrected chi connectivity index (χ3v) is 2.99. The van der Waals surface area contributed by atoms with Crippen LogP contribution in [0.2, 0.25) is 0 Å². The number of imidazole rings is 1. The first kappa shape index (κ1) is 8.58. The number of nitrogens with one attached hydrogen (secondary N) is 1. The van der Waals surface area contributed by atoms with Gasteiger partial charge in [0.1, 0.15) is 5.82 Å². The summed E-state index contributed by atoms with van der Waals surface area (Å²) in [5, 5.41) is 7.72. The maximum atomic E-state index is 4.95. The Hall–Kier alpha value is -1.01. The van der Waals surface area contributed by atoms with Crippen molar-refractivity contribution in [3.63, 3.8) is 0 Å². The van der Waals surface area contributed by atoms with E-state index in [2.05, 4.69) is 15.2 Å². The van der Waals surface area contributed by atoms with Crippen LogP contribution < -0.4 is 0 Å². The number of aryl methyl sites for hydroxylation is 1. The minimum atomic E-state index is 0.689. The van der Waals surface area contributed by atoms with E-state index in [1.165, 1.54) is 11.3 Å². The molecule has 0 aliphatic rings. The second-order valence-corrected chi connectivity index (χ2v) is 4.33. The molecule has 6 heteroatoms. The van der Waals surface area contributed by atoms with Crippen LogP contribution >= 0.6 is 23.6 Å². The van der Waals surface area contributed by atoms with Gasteiger partial charge in [0.25, 0.3) is 0 Å². The molecule has 0 aromatic carbocycles. The first-order valence-electron chi connectivity index (χ1n) is 3.72. The van der Waals surface area contributed by atoms with Gasteiger partial charge in [-0.15, -0.1) is 0 Å². The number of rotatable bonds is 1. The lowest BCUT2D eigenvalue weighted by Gasteiger charge is -1.97. The zero-order valence-electron chi connectivity index (χ0n) is 7.24. The van der Waals surface area contributed by atoms with Crippen LogP contribution in [0.15, 0.2) is 6.20 Å². The zero-order chi connectivity index (χ0) is 9.42. The number of aromatic nitrogens is 4. The van der Waals surface area contributed by atoms with Crippen LogP contribution in [-0.4, -0.2) is 19.7 Å². The summed E-state index contributed by atoms with van der Waals surface area (Å²) in [4.78, 5) is 4.18. The molecule has 0 fully saturated rings. The predicted molar refractivity (Wildman–Crippen MR) is 54.2 cm³/mol. The fourth-order valence-electron chi connectivity index (χ4n) is 1.04. The molecule has 68 valence electrons. The van der Waals surface area contributed by atoms with Crippen molar-refractivity contribution in [1.82, 2.24) is 19.7 Å². The number of H-pyrrole nitrogens is 1. The fraction of sp³-hybridized carbons (Fsp3) is 0.286. The number of aromatic amines is 1. The Kier molecular flexibility index (Phi) is 2.01. The summed E-state index contributed by atoms with van der Waals surface area (Å²) in [5.74, 6) is 0.969. The van der Waals surface area contributed by atoms with E-state index >= 15 is 0 Å². The van der Waals surface area contributed by atoms with E-state index < -0.39 is 0 Å². The Morgan fingerprint density at radius 2 is 2.38 bits per heavy atom. The highest BCUT2D eigenvalue weighted by atomic mass is 32.1. The summed E-state index contributed by atoms with van der Waals surface area (Å²) in [6.07, 6.45) is 1.80. The van der Waals surface area contributed by atoms with Crippen LogP contribution in [0.1, 0.15) is 5.82 Å². The summed E-state index contributed by atoms with van der Waals surface area (Å²) in [7, 11) is 1.96. The van der Waals surface area contributed by atoms with E-state index in [0.29, 0.717) is 3.95 Å². The maximum Gasteiger partial charge on any atom is 0.176 e. The molecule has 1 N–H and O–H groups in total. The molecule has 2 aromatic rings. The quantitative estimate of drug-likeness (QED) is 0.734. The van der Waals surface area contributed by atoms with Crippen molar-refractivity contribution >= 4 is 23.6 Å². The first-order valence-corrected chi connectivity index (χ1v) is 4.95. The monoisotopic (exact) mass is 212 g/mol. The molecule has 0 aliphatic carbocycles. The van der Waals surface area contributed by atoms with E-state index in [4.69, 9.17) is 12.2 Å². The first-order chi connectivity index (χ1) is 6.18. The van der Waals surface area contributed by atoms with Gasteiger partial charge in [0.15, 0.2) is 8.96 Å². The molecule has 2 rings (SSSR count). The Labute approximate surface area is 84.3 Å². The van der Waals surface area contributed by atoms with E-state index in [-0.39, 0.29) is 0 Å². The predicted octanol–water partition coefficient (Wildman–Crippen LogP) is 1.91. The van der Waals surface area contributed by atoms with Gasteiger partial charge in [-0.25, -0.2) is 4.98 Å². The molecular formula is C7H8N4S2. The van der Waals surface area contributed by atoms with Gasteiger partial charge in [0, 0.05) is 7.05 Å². The fourth-order valence-corrected chi connectivity index (χ4v) is 1.98. The maximum absolute atomic E-state index is 4.95. The zero-order valence-corrected chi connectivity index (χ0v) is 8.87. The van der Waals surface area contributed by atoms with Crippen LogP contribution in [0.4, 0.5) is 0 Å². The summed E-state index contributed by atoms with van der Waals surface area (Å²) in [5.41, 5.74) is 0.995. The molecule has 2 heterocycles. The summed E-state index contributed by atoms with van der Waals surface area (Å²) < 4.78 is 2.68. The minimum Gasteiger partial charge on any atom is -0.329 e. The number of hydrogen-bond acceptors (Lipinski definition) is 4.